The Morgan fingerprint density at radius 3 is 2.35 bits per heavy atom. The summed E-state index contributed by atoms with van der Waals surface area (Å²) in [5, 5.41) is 15.2. The van der Waals surface area contributed by atoms with Gasteiger partial charge in [-0.2, -0.15) is 0 Å². The van der Waals surface area contributed by atoms with Crippen molar-refractivity contribution in [2.45, 2.75) is 20.0 Å². The average Bonchev–Trinajstić information content (AvgIpc) is 2.56. The lowest BCUT2D eigenvalue weighted by Crippen LogP contribution is -2.34. The van der Waals surface area contributed by atoms with Crippen molar-refractivity contribution in [1.82, 2.24) is 4.90 Å². The van der Waals surface area contributed by atoms with Crippen LogP contribution in [0.15, 0.2) is 48.5 Å². The Morgan fingerprint density at radius 2 is 1.74 bits per heavy atom. The summed E-state index contributed by atoms with van der Waals surface area (Å²) in [6, 6.07) is 14.8. The van der Waals surface area contributed by atoms with Crippen LogP contribution < -0.4 is 5.32 Å². The number of anilines is 1. The van der Waals surface area contributed by atoms with E-state index in [1.165, 1.54) is 0 Å². The molecule has 0 amide bonds. The first kappa shape index (κ1) is 17.7. The SMILES string of the molecule is CCN(CC)C(=S)Nc1ccccc1C(O)c1ccc(Cl)cc1. The zero-order valence-electron chi connectivity index (χ0n) is 13.3. The summed E-state index contributed by atoms with van der Waals surface area (Å²) < 4.78 is 0. The first-order valence-electron chi connectivity index (χ1n) is 7.65. The van der Waals surface area contributed by atoms with Crippen molar-refractivity contribution in [3.63, 3.8) is 0 Å². The fourth-order valence-corrected chi connectivity index (χ4v) is 2.87. The molecule has 122 valence electrons. The molecule has 0 aromatic heterocycles. The van der Waals surface area contributed by atoms with Crippen LogP contribution in [0.1, 0.15) is 31.1 Å². The highest BCUT2D eigenvalue weighted by molar-refractivity contribution is 7.80. The van der Waals surface area contributed by atoms with E-state index in [1.807, 2.05) is 36.4 Å². The zero-order chi connectivity index (χ0) is 16.8. The van der Waals surface area contributed by atoms with Crippen molar-refractivity contribution >= 4 is 34.6 Å². The molecule has 0 fully saturated rings. The molecule has 23 heavy (non-hydrogen) atoms. The number of nitrogens with zero attached hydrogens (tertiary/aromatic N) is 1. The summed E-state index contributed by atoms with van der Waals surface area (Å²) >= 11 is 11.4. The Labute approximate surface area is 147 Å². The predicted octanol–water partition coefficient (Wildman–Crippen LogP) is 4.46. The van der Waals surface area contributed by atoms with Gasteiger partial charge in [0.1, 0.15) is 6.10 Å². The van der Waals surface area contributed by atoms with Gasteiger partial charge in [0, 0.05) is 29.4 Å². The molecule has 0 aliphatic heterocycles. The van der Waals surface area contributed by atoms with Crippen molar-refractivity contribution in [3.8, 4) is 0 Å². The lowest BCUT2D eigenvalue weighted by molar-refractivity contribution is 0.221. The van der Waals surface area contributed by atoms with Crippen LogP contribution in [0, 0.1) is 0 Å². The summed E-state index contributed by atoms with van der Waals surface area (Å²) in [5.41, 5.74) is 2.38. The van der Waals surface area contributed by atoms with Gasteiger partial charge >= 0.3 is 0 Å². The van der Waals surface area contributed by atoms with Gasteiger partial charge in [-0.25, -0.2) is 0 Å². The molecule has 0 saturated heterocycles. The van der Waals surface area contributed by atoms with Crippen LogP contribution in [0.3, 0.4) is 0 Å². The molecule has 2 rings (SSSR count). The van der Waals surface area contributed by atoms with Crippen LogP contribution in [0.5, 0.6) is 0 Å². The summed E-state index contributed by atoms with van der Waals surface area (Å²) in [6.07, 6.45) is -0.740. The molecule has 0 heterocycles. The quantitative estimate of drug-likeness (QED) is 0.782. The van der Waals surface area contributed by atoms with E-state index in [0.29, 0.717) is 10.1 Å². The molecule has 2 N–H and O–H groups in total. The second kappa shape index (κ2) is 8.29. The first-order chi connectivity index (χ1) is 11.1. The second-order valence-electron chi connectivity index (χ2n) is 5.14. The molecular formula is C18H21ClN2OS. The number of thiocarbonyl (C=S) groups is 1. The molecule has 0 aliphatic carbocycles. The third-order valence-electron chi connectivity index (χ3n) is 3.73. The molecule has 2 aromatic rings. The standard InChI is InChI=1S/C18H21ClN2OS/c1-3-21(4-2)18(23)20-16-8-6-5-7-15(16)17(22)13-9-11-14(19)12-10-13/h5-12,17,22H,3-4H2,1-2H3,(H,20,23). The average molecular weight is 349 g/mol. The summed E-state index contributed by atoms with van der Waals surface area (Å²) in [4.78, 5) is 2.06. The van der Waals surface area contributed by atoms with E-state index in [2.05, 4.69) is 24.1 Å². The second-order valence-corrected chi connectivity index (χ2v) is 5.97. The van der Waals surface area contributed by atoms with Gasteiger partial charge in [-0.3, -0.25) is 0 Å². The third-order valence-corrected chi connectivity index (χ3v) is 4.35. The largest absolute Gasteiger partial charge is 0.384 e. The fourth-order valence-electron chi connectivity index (χ4n) is 2.38. The van der Waals surface area contributed by atoms with Crippen LogP contribution >= 0.6 is 23.8 Å². The van der Waals surface area contributed by atoms with Crippen LogP contribution in [0.2, 0.25) is 5.02 Å². The lowest BCUT2D eigenvalue weighted by atomic mass is 10.00. The maximum atomic E-state index is 10.7. The molecule has 2 aromatic carbocycles. The van der Waals surface area contributed by atoms with Gasteiger partial charge in [0.05, 0.1) is 0 Å². The number of para-hydroxylation sites is 1. The highest BCUT2D eigenvalue weighted by atomic mass is 35.5. The number of halogens is 1. The van der Waals surface area contributed by atoms with Crippen LogP contribution in [-0.4, -0.2) is 28.2 Å². The Balaban J connectivity index is 2.26. The molecule has 3 nitrogen and oxygen atoms in total. The van der Waals surface area contributed by atoms with Crippen molar-refractivity contribution in [2.24, 2.45) is 0 Å². The van der Waals surface area contributed by atoms with Gasteiger partial charge in [-0.05, 0) is 49.8 Å². The van der Waals surface area contributed by atoms with Crippen LogP contribution in [0.4, 0.5) is 5.69 Å². The minimum Gasteiger partial charge on any atom is -0.384 e. The maximum absolute atomic E-state index is 10.7. The number of nitrogens with one attached hydrogen (secondary N) is 1. The van der Waals surface area contributed by atoms with E-state index in [4.69, 9.17) is 23.8 Å². The number of rotatable bonds is 5. The zero-order valence-corrected chi connectivity index (χ0v) is 14.9. The minimum absolute atomic E-state index is 0.648. The van der Waals surface area contributed by atoms with E-state index < -0.39 is 6.10 Å². The molecule has 1 unspecified atom stereocenters. The van der Waals surface area contributed by atoms with Gasteiger partial charge in [0.25, 0.3) is 0 Å². The number of benzene rings is 2. The van der Waals surface area contributed by atoms with E-state index in [-0.39, 0.29) is 0 Å². The molecule has 0 radical (unpaired) electrons. The molecular weight excluding hydrogens is 328 g/mol. The topological polar surface area (TPSA) is 35.5 Å². The Hall–Kier alpha value is -1.62. The van der Waals surface area contributed by atoms with Gasteiger partial charge in [-0.15, -0.1) is 0 Å². The summed E-state index contributed by atoms with van der Waals surface area (Å²) in [5.74, 6) is 0. The maximum Gasteiger partial charge on any atom is 0.173 e. The molecule has 1 atom stereocenters. The Bertz CT molecular complexity index is 656. The first-order valence-corrected chi connectivity index (χ1v) is 8.43. The van der Waals surface area contributed by atoms with E-state index in [0.717, 1.165) is 29.9 Å². The predicted molar refractivity (Wildman–Crippen MR) is 101 cm³/mol. The molecule has 0 saturated carbocycles. The summed E-state index contributed by atoms with van der Waals surface area (Å²) in [7, 11) is 0. The van der Waals surface area contributed by atoms with Crippen molar-refractivity contribution in [3.05, 3.63) is 64.7 Å². The van der Waals surface area contributed by atoms with Gasteiger partial charge in [-0.1, -0.05) is 41.9 Å². The molecule has 0 aliphatic rings. The Morgan fingerprint density at radius 1 is 1.13 bits per heavy atom. The minimum atomic E-state index is -0.740. The third kappa shape index (κ3) is 4.44. The van der Waals surface area contributed by atoms with Crippen LogP contribution in [0.25, 0.3) is 0 Å². The molecule has 0 bridgehead atoms. The number of hydrogen-bond donors (Lipinski definition) is 2. The van der Waals surface area contributed by atoms with Gasteiger partial charge in [0.2, 0.25) is 0 Å². The van der Waals surface area contributed by atoms with E-state index >= 15 is 0 Å². The van der Waals surface area contributed by atoms with E-state index in [1.54, 1.807) is 12.1 Å². The number of aliphatic hydroxyl groups excluding tert-OH is 1. The van der Waals surface area contributed by atoms with Gasteiger partial charge < -0.3 is 15.3 Å². The van der Waals surface area contributed by atoms with Crippen molar-refractivity contribution < 1.29 is 5.11 Å². The van der Waals surface area contributed by atoms with Crippen LogP contribution in [-0.2, 0) is 0 Å². The summed E-state index contributed by atoms with van der Waals surface area (Å²) in [6.45, 7) is 5.80. The number of aliphatic hydroxyl groups is 1. The van der Waals surface area contributed by atoms with Crippen molar-refractivity contribution in [2.75, 3.05) is 18.4 Å². The molecule has 5 heteroatoms. The van der Waals surface area contributed by atoms with Crippen molar-refractivity contribution in [1.29, 1.82) is 0 Å². The monoisotopic (exact) mass is 348 g/mol. The lowest BCUT2D eigenvalue weighted by Gasteiger charge is -2.24. The van der Waals surface area contributed by atoms with E-state index in [9.17, 15) is 5.11 Å². The van der Waals surface area contributed by atoms with Gasteiger partial charge in [0.15, 0.2) is 5.11 Å². The smallest absolute Gasteiger partial charge is 0.173 e. The molecule has 0 spiro atoms. The normalized spacial score (nSPS) is 11.8. The fraction of sp³-hybridized carbons (Fsp3) is 0.278. The highest BCUT2D eigenvalue weighted by Crippen LogP contribution is 2.29. The highest BCUT2D eigenvalue weighted by Gasteiger charge is 2.16. The number of hydrogen-bond acceptors (Lipinski definition) is 2. The Kier molecular flexibility index (Phi) is 6.39.